The molecule has 0 fully saturated rings. The van der Waals surface area contributed by atoms with Crippen molar-refractivity contribution in [1.82, 2.24) is 10.2 Å². The van der Waals surface area contributed by atoms with Gasteiger partial charge in [-0.15, -0.1) is 0 Å². The van der Waals surface area contributed by atoms with Crippen LogP contribution >= 0.6 is 11.6 Å². The highest BCUT2D eigenvalue weighted by molar-refractivity contribution is 6.30. The number of likely N-dealkylation sites (N-methyl/N-ethyl adjacent to an activating group) is 1. The second-order valence-corrected chi connectivity index (χ2v) is 8.69. The molecule has 1 unspecified atom stereocenters. The number of nitrogens with one attached hydrogen (secondary N) is 1. The third-order valence-corrected chi connectivity index (χ3v) is 6.05. The molecule has 4 N–H and O–H groups in total. The molecule has 166 valence electrons. The van der Waals surface area contributed by atoms with E-state index in [0.29, 0.717) is 23.4 Å². The molecule has 2 aromatic rings. The lowest BCUT2D eigenvalue weighted by molar-refractivity contribution is 0.0375. The Balaban J connectivity index is 2.06. The van der Waals surface area contributed by atoms with Crippen molar-refractivity contribution in [2.24, 2.45) is 0 Å². The van der Waals surface area contributed by atoms with E-state index in [9.17, 15) is 24.9 Å². The third kappa shape index (κ3) is 4.81. The van der Waals surface area contributed by atoms with E-state index in [1.165, 1.54) is 11.6 Å². The maximum absolute atomic E-state index is 12.9. The Hall–Kier alpha value is -2.29. The number of aliphatic hydroxyl groups excluding tert-OH is 3. The average Bonchev–Trinajstić information content (AvgIpc) is 2.77. The van der Waals surface area contributed by atoms with Crippen LogP contribution in [0.1, 0.15) is 48.9 Å². The number of rotatable bonds is 7. The third-order valence-electron chi connectivity index (χ3n) is 5.83. The summed E-state index contributed by atoms with van der Waals surface area (Å²) in [6.45, 7) is 1.57. The minimum atomic E-state index is -1.56. The number of nitrogens with zero attached hydrogens (tertiary/aromatic N) is 1. The van der Waals surface area contributed by atoms with Crippen LogP contribution in [0.15, 0.2) is 30.3 Å². The zero-order chi connectivity index (χ0) is 22.8. The Morgan fingerprint density at radius 3 is 2.48 bits per heavy atom. The number of hydrogen-bond acceptors (Lipinski definition) is 6. The van der Waals surface area contributed by atoms with Gasteiger partial charge in [-0.1, -0.05) is 11.6 Å². The molecule has 31 heavy (non-hydrogen) atoms. The molecule has 2 aromatic carbocycles. The number of carbonyl (C=O) groups excluding carboxylic acids is 2. The smallest absolute Gasteiger partial charge is 0.251 e. The van der Waals surface area contributed by atoms with Crippen molar-refractivity contribution < 1.29 is 24.9 Å². The maximum Gasteiger partial charge on any atom is 0.251 e. The predicted octanol–water partition coefficient (Wildman–Crippen LogP) is 1.48. The fourth-order valence-corrected chi connectivity index (χ4v) is 4.29. The zero-order valence-corrected chi connectivity index (χ0v) is 18.3. The normalized spacial score (nSPS) is 16.6. The van der Waals surface area contributed by atoms with Crippen molar-refractivity contribution >= 4 is 23.8 Å². The molecule has 1 aliphatic rings. The van der Waals surface area contributed by atoms with Crippen molar-refractivity contribution in [1.29, 1.82) is 0 Å². The molecule has 1 heterocycles. The van der Waals surface area contributed by atoms with Crippen molar-refractivity contribution in [2.45, 2.75) is 24.9 Å². The van der Waals surface area contributed by atoms with Crippen LogP contribution in [-0.4, -0.2) is 71.4 Å². The summed E-state index contributed by atoms with van der Waals surface area (Å²) < 4.78 is 0. The van der Waals surface area contributed by atoms with E-state index in [2.05, 4.69) is 10.2 Å². The number of benzene rings is 2. The first kappa shape index (κ1) is 23.4. The topological polar surface area (TPSA) is 110 Å². The van der Waals surface area contributed by atoms with Crippen molar-refractivity contribution in [2.75, 3.05) is 33.4 Å². The number of aryl methyl sites for hydroxylation is 1. The SMILES string of the molecule is Cc1cc(Cl)cc2c1CN(C)CC2c1cc(C=O)cc(C(=O)NC(CO)(CO)CO)c1. The zero-order valence-electron chi connectivity index (χ0n) is 17.6. The van der Waals surface area contributed by atoms with E-state index in [0.717, 1.165) is 23.2 Å². The van der Waals surface area contributed by atoms with E-state index in [1.54, 1.807) is 12.1 Å². The van der Waals surface area contributed by atoms with Crippen molar-refractivity contribution in [3.05, 3.63) is 68.7 Å². The summed E-state index contributed by atoms with van der Waals surface area (Å²) in [5.74, 6) is -0.704. The first-order chi connectivity index (χ1) is 14.8. The summed E-state index contributed by atoms with van der Waals surface area (Å²) in [6, 6.07) is 8.76. The fraction of sp³-hybridized carbons (Fsp3) is 0.391. The lowest BCUT2D eigenvalue weighted by atomic mass is 9.82. The Morgan fingerprint density at radius 1 is 1.19 bits per heavy atom. The predicted molar refractivity (Wildman–Crippen MR) is 118 cm³/mol. The van der Waals surface area contributed by atoms with Crippen LogP contribution in [0.3, 0.4) is 0 Å². The largest absolute Gasteiger partial charge is 0.394 e. The van der Waals surface area contributed by atoms with Gasteiger partial charge in [-0.25, -0.2) is 0 Å². The summed E-state index contributed by atoms with van der Waals surface area (Å²) in [4.78, 5) is 26.6. The van der Waals surface area contributed by atoms with E-state index in [1.807, 2.05) is 26.1 Å². The highest BCUT2D eigenvalue weighted by Crippen LogP contribution is 2.37. The van der Waals surface area contributed by atoms with E-state index in [-0.39, 0.29) is 11.5 Å². The lowest BCUT2D eigenvalue weighted by Crippen LogP contribution is -2.57. The molecule has 0 radical (unpaired) electrons. The Kier molecular flexibility index (Phi) is 7.13. The molecule has 1 aliphatic heterocycles. The van der Waals surface area contributed by atoms with Gasteiger partial charge in [-0.05, 0) is 66.6 Å². The van der Waals surface area contributed by atoms with E-state index >= 15 is 0 Å². The summed E-state index contributed by atoms with van der Waals surface area (Å²) >= 11 is 6.33. The molecule has 1 amide bonds. The molecule has 3 rings (SSSR count). The first-order valence-electron chi connectivity index (χ1n) is 9.98. The average molecular weight is 447 g/mol. The van der Waals surface area contributed by atoms with Gasteiger partial charge in [0.05, 0.1) is 19.8 Å². The van der Waals surface area contributed by atoms with Gasteiger partial charge >= 0.3 is 0 Å². The van der Waals surface area contributed by atoms with Gasteiger partial charge in [0.15, 0.2) is 0 Å². The minimum absolute atomic E-state index is 0.101. The van der Waals surface area contributed by atoms with Crippen LogP contribution in [0.2, 0.25) is 5.02 Å². The standard InChI is InChI=1S/C23H27ClN2O5/c1-14-3-18(24)7-19-20(14)8-26(2)9-21(19)16-4-15(10-27)5-17(6-16)22(31)25-23(11-28,12-29)13-30/h3-7,10,21,28-30H,8-9,11-13H2,1-2H3,(H,25,31). The van der Waals surface area contributed by atoms with E-state index < -0.39 is 31.3 Å². The van der Waals surface area contributed by atoms with Crippen LogP contribution < -0.4 is 5.32 Å². The molecule has 0 saturated heterocycles. The van der Waals surface area contributed by atoms with Gasteiger partial charge in [0.2, 0.25) is 0 Å². The number of hydrogen-bond donors (Lipinski definition) is 4. The summed E-state index contributed by atoms with van der Waals surface area (Å²) in [5.41, 5.74) is 3.08. The van der Waals surface area contributed by atoms with Gasteiger partial charge in [-0.2, -0.15) is 0 Å². The summed E-state index contributed by atoms with van der Waals surface area (Å²) in [6.07, 6.45) is 0.675. The Labute approximate surface area is 186 Å². The van der Waals surface area contributed by atoms with Crippen LogP contribution in [-0.2, 0) is 6.54 Å². The van der Waals surface area contributed by atoms with Crippen molar-refractivity contribution in [3.8, 4) is 0 Å². The fourth-order valence-electron chi connectivity index (χ4n) is 4.01. The van der Waals surface area contributed by atoms with Crippen LogP contribution in [0.5, 0.6) is 0 Å². The minimum Gasteiger partial charge on any atom is -0.394 e. The quantitative estimate of drug-likeness (QED) is 0.480. The second kappa shape index (κ2) is 9.46. The highest BCUT2D eigenvalue weighted by atomic mass is 35.5. The first-order valence-corrected chi connectivity index (χ1v) is 10.4. The number of carbonyl (C=O) groups is 2. The molecule has 0 bridgehead atoms. The van der Waals surface area contributed by atoms with Gasteiger partial charge in [-0.3, -0.25) is 9.59 Å². The van der Waals surface area contributed by atoms with Gasteiger partial charge in [0.1, 0.15) is 11.8 Å². The molecule has 7 nitrogen and oxygen atoms in total. The molecule has 1 atom stereocenters. The van der Waals surface area contributed by atoms with Gasteiger partial charge in [0.25, 0.3) is 5.91 Å². The summed E-state index contributed by atoms with van der Waals surface area (Å²) in [5, 5.41) is 31.7. The lowest BCUT2D eigenvalue weighted by Gasteiger charge is -2.34. The number of halogens is 1. The van der Waals surface area contributed by atoms with Crippen molar-refractivity contribution in [3.63, 3.8) is 0 Å². The Bertz CT molecular complexity index is 982. The van der Waals surface area contributed by atoms with Crippen LogP contribution in [0.4, 0.5) is 0 Å². The molecule has 8 heteroatoms. The molecule has 0 saturated carbocycles. The highest BCUT2D eigenvalue weighted by Gasteiger charge is 2.31. The van der Waals surface area contributed by atoms with Crippen LogP contribution in [0.25, 0.3) is 0 Å². The number of aldehydes is 1. The second-order valence-electron chi connectivity index (χ2n) is 8.25. The van der Waals surface area contributed by atoms with E-state index in [4.69, 9.17) is 11.6 Å². The molecular formula is C23H27ClN2O5. The monoisotopic (exact) mass is 446 g/mol. The number of amides is 1. The maximum atomic E-state index is 12.9. The molecule has 0 aliphatic carbocycles. The van der Waals surface area contributed by atoms with Gasteiger partial charge in [0, 0.05) is 35.2 Å². The molecule has 0 aromatic heterocycles. The molecule has 0 spiro atoms. The Morgan fingerprint density at radius 2 is 1.87 bits per heavy atom. The molecular weight excluding hydrogens is 420 g/mol. The number of fused-ring (bicyclic) bond motifs is 1. The van der Waals surface area contributed by atoms with Crippen LogP contribution in [0, 0.1) is 6.92 Å². The number of aliphatic hydroxyl groups is 3. The summed E-state index contributed by atoms with van der Waals surface area (Å²) in [7, 11) is 2.01. The van der Waals surface area contributed by atoms with Gasteiger partial charge < -0.3 is 25.5 Å².